The monoisotopic (exact) mass is 308 g/mol. The van der Waals surface area contributed by atoms with Crippen LogP contribution in [-0.2, 0) is 0 Å². The fourth-order valence-electron chi connectivity index (χ4n) is 1.63. The Morgan fingerprint density at radius 1 is 1.48 bits per heavy atom. The van der Waals surface area contributed by atoms with Crippen molar-refractivity contribution in [2.45, 2.75) is 13.8 Å². The van der Waals surface area contributed by atoms with Crippen LogP contribution in [0.2, 0.25) is 5.02 Å². The van der Waals surface area contributed by atoms with Crippen molar-refractivity contribution in [2.24, 2.45) is 0 Å². The minimum atomic E-state index is -0.587. The molecule has 7 nitrogen and oxygen atoms in total. The van der Waals surface area contributed by atoms with Crippen LogP contribution in [0.4, 0.5) is 11.6 Å². The highest BCUT2D eigenvalue weighted by atomic mass is 35.5. The lowest BCUT2D eigenvalue weighted by molar-refractivity contribution is -0.386. The summed E-state index contributed by atoms with van der Waals surface area (Å²) in [7, 11) is 0. The van der Waals surface area contributed by atoms with Gasteiger partial charge in [-0.1, -0.05) is 11.6 Å². The Balaban J connectivity index is 2.40. The third-order valence-corrected chi connectivity index (χ3v) is 2.85. The van der Waals surface area contributed by atoms with Crippen molar-refractivity contribution in [3.63, 3.8) is 0 Å². The largest absolute Gasteiger partial charge is 0.433 e. The molecule has 0 unspecified atom stereocenters. The number of anilines is 1. The van der Waals surface area contributed by atoms with E-state index in [1.807, 2.05) is 6.92 Å². The van der Waals surface area contributed by atoms with Crippen LogP contribution in [-0.4, -0.2) is 21.4 Å². The second-order valence-electron chi connectivity index (χ2n) is 4.18. The van der Waals surface area contributed by atoms with Gasteiger partial charge in [0, 0.05) is 11.6 Å². The van der Waals surface area contributed by atoms with Gasteiger partial charge in [-0.15, -0.1) is 0 Å². The van der Waals surface area contributed by atoms with Gasteiger partial charge in [-0.25, -0.2) is 4.98 Å². The summed E-state index contributed by atoms with van der Waals surface area (Å²) in [6.45, 7) is 4.26. The molecular formula is C13H13ClN4O3. The maximum Gasteiger partial charge on any atom is 0.349 e. The van der Waals surface area contributed by atoms with E-state index < -0.39 is 4.92 Å². The van der Waals surface area contributed by atoms with Crippen molar-refractivity contribution in [2.75, 3.05) is 11.9 Å². The molecule has 1 N–H and O–H groups in total. The predicted molar refractivity (Wildman–Crippen MR) is 79.1 cm³/mol. The molecule has 0 aliphatic carbocycles. The first-order chi connectivity index (χ1) is 10.0. The summed E-state index contributed by atoms with van der Waals surface area (Å²) in [5.74, 6) is 0.602. The Kier molecular flexibility index (Phi) is 4.54. The lowest BCUT2D eigenvalue weighted by atomic mass is 10.2. The first kappa shape index (κ1) is 15.0. The summed E-state index contributed by atoms with van der Waals surface area (Å²) in [6.07, 6.45) is 1.12. The molecule has 110 valence electrons. The quantitative estimate of drug-likeness (QED) is 0.670. The molecule has 1 aromatic carbocycles. The zero-order valence-electron chi connectivity index (χ0n) is 11.5. The second-order valence-corrected chi connectivity index (χ2v) is 4.62. The summed E-state index contributed by atoms with van der Waals surface area (Å²) in [5, 5.41) is 14.5. The Morgan fingerprint density at radius 3 is 2.86 bits per heavy atom. The van der Waals surface area contributed by atoms with Crippen LogP contribution in [0, 0.1) is 17.0 Å². The van der Waals surface area contributed by atoms with Crippen LogP contribution in [0.3, 0.4) is 0 Å². The number of nitrogens with zero attached hydrogens (tertiary/aromatic N) is 3. The highest BCUT2D eigenvalue weighted by molar-refractivity contribution is 6.30. The van der Waals surface area contributed by atoms with Gasteiger partial charge in [0.05, 0.1) is 4.92 Å². The number of hydrogen-bond donors (Lipinski definition) is 1. The smallest absolute Gasteiger partial charge is 0.349 e. The van der Waals surface area contributed by atoms with E-state index in [-0.39, 0.29) is 17.5 Å². The third-order valence-electron chi connectivity index (χ3n) is 2.61. The van der Waals surface area contributed by atoms with E-state index in [1.54, 1.807) is 25.1 Å². The van der Waals surface area contributed by atoms with Crippen molar-refractivity contribution in [1.82, 2.24) is 9.97 Å². The van der Waals surface area contributed by atoms with E-state index in [0.29, 0.717) is 17.3 Å². The molecule has 0 fully saturated rings. The number of nitrogens with one attached hydrogen (secondary N) is 1. The van der Waals surface area contributed by atoms with E-state index in [1.165, 1.54) is 0 Å². The van der Waals surface area contributed by atoms with Crippen LogP contribution in [0.5, 0.6) is 11.6 Å². The summed E-state index contributed by atoms with van der Waals surface area (Å²) in [6, 6.07) is 4.98. The lowest BCUT2D eigenvalue weighted by Crippen LogP contribution is -2.05. The van der Waals surface area contributed by atoms with Gasteiger partial charge in [-0.2, -0.15) is 4.98 Å². The summed E-state index contributed by atoms with van der Waals surface area (Å²) in [4.78, 5) is 18.3. The molecule has 0 radical (unpaired) electrons. The van der Waals surface area contributed by atoms with Gasteiger partial charge < -0.3 is 10.1 Å². The topological polar surface area (TPSA) is 90.2 Å². The van der Waals surface area contributed by atoms with Gasteiger partial charge in [0.25, 0.3) is 0 Å². The summed E-state index contributed by atoms with van der Waals surface area (Å²) < 4.78 is 5.55. The Labute approximate surface area is 126 Å². The molecule has 0 aliphatic heterocycles. The Bertz CT molecular complexity index is 678. The Morgan fingerprint density at radius 2 is 2.24 bits per heavy atom. The predicted octanol–water partition coefficient (Wildman–Crippen LogP) is 3.57. The van der Waals surface area contributed by atoms with Crippen LogP contribution >= 0.6 is 11.6 Å². The summed E-state index contributed by atoms with van der Waals surface area (Å²) in [5.41, 5.74) is 0.450. The van der Waals surface area contributed by atoms with Gasteiger partial charge in [0.2, 0.25) is 5.95 Å². The maximum absolute atomic E-state index is 11.0. The van der Waals surface area contributed by atoms with E-state index in [0.717, 1.165) is 11.8 Å². The highest BCUT2D eigenvalue weighted by Crippen LogP contribution is 2.32. The van der Waals surface area contributed by atoms with E-state index in [9.17, 15) is 10.1 Å². The third kappa shape index (κ3) is 3.57. The Hall–Kier alpha value is -2.41. The van der Waals surface area contributed by atoms with Gasteiger partial charge in [-0.05, 0) is 37.6 Å². The zero-order valence-corrected chi connectivity index (χ0v) is 12.2. The molecule has 1 aromatic heterocycles. The lowest BCUT2D eigenvalue weighted by Gasteiger charge is -2.09. The molecule has 0 spiro atoms. The molecule has 21 heavy (non-hydrogen) atoms. The van der Waals surface area contributed by atoms with Crippen molar-refractivity contribution in [1.29, 1.82) is 0 Å². The van der Waals surface area contributed by atoms with Crippen molar-refractivity contribution in [3.8, 4) is 11.6 Å². The van der Waals surface area contributed by atoms with Crippen LogP contribution in [0.25, 0.3) is 0 Å². The van der Waals surface area contributed by atoms with Crippen LogP contribution < -0.4 is 10.1 Å². The van der Waals surface area contributed by atoms with Crippen LogP contribution in [0.15, 0.2) is 24.4 Å². The number of benzene rings is 1. The molecule has 2 rings (SSSR count). The SMILES string of the molecule is CCNc1ncc([N+](=O)[O-])c(Oc2ccc(Cl)cc2C)n1. The van der Waals surface area contributed by atoms with E-state index in [2.05, 4.69) is 15.3 Å². The summed E-state index contributed by atoms with van der Waals surface area (Å²) >= 11 is 5.87. The van der Waals surface area contributed by atoms with Crippen molar-refractivity contribution < 1.29 is 9.66 Å². The molecule has 0 amide bonds. The van der Waals surface area contributed by atoms with Gasteiger partial charge in [0.15, 0.2) is 0 Å². The first-order valence-corrected chi connectivity index (χ1v) is 6.58. The number of hydrogen-bond acceptors (Lipinski definition) is 6. The average Bonchev–Trinajstić information content (AvgIpc) is 2.42. The van der Waals surface area contributed by atoms with Crippen molar-refractivity contribution >= 4 is 23.2 Å². The van der Waals surface area contributed by atoms with Crippen molar-refractivity contribution in [3.05, 3.63) is 45.1 Å². The number of rotatable bonds is 5. The highest BCUT2D eigenvalue weighted by Gasteiger charge is 2.20. The normalized spacial score (nSPS) is 10.2. The fourth-order valence-corrected chi connectivity index (χ4v) is 1.86. The van der Waals surface area contributed by atoms with Gasteiger partial charge >= 0.3 is 11.6 Å². The van der Waals surface area contributed by atoms with Gasteiger partial charge in [0.1, 0.15) is 11.9 Å². The minimum Gasteiger partial charge on any atom is -0.433 e. The molecular weight excluding hydrogens is 296 g/mol. The molecule has 0 saturated heterocycles. The standard InChI is InChI=1S/C13H13ClN4O3/c1-3-15-13-16-7-10(18(19)20)12(17-13)21-11-5-4-9(14)6-8(11)2/h4-7H,3H2,1-2H3,(H,15,16,17). The number of aromatic nitrogens is 2. The fraction of sp³-hybridized carbons (Fsp3) is 0.231. The zero-order chi connectivity index (χ0) is 15.4. The number of aryl methyl sites for hydroxylation is 1. The van der Waals surface area contributed by atoms with E-state index >= 15 is 0 Å². The van der Waals surface area contributed by atoms with E-state index in [4.69, 9.17) is 16.3 Å². The number of ether oxygens (including phenoxy) is 1. The van der Waals surface area contributed by atoms with Crippen LogP contribution in [0.1, 0.15) is 12.5 Å². The van der Waals surface area contributed by atoms with Gasteiger partial charge in [-0.3, -0.25) is 10.1 Å². The molecule has 0 bridgehead atoms. The minimum absolute atomic E-state index is 0.114. The molecule has 0 atom stereocenters. The molecule has 0 aliphatic rings. The molecule has 8 heteroatoms. The first-order valence-electron chi connectivity index (χ1n) is 6.20. The second kappa shape index (κ2) is 6.36. The molecule has 0 saturated carbocycles. The molecule has 1 heterocycles. The number of nitro groups is 1. The number of halogens is 1. The maximum atomic E-state index is 11.0. The average molecular weight is 309 g/mol. The molecule has 2 aromatic rings.